The van der Waals surface area contributed by atoms with E-state index in [9.17, 15) is 9.59 Å². The van der Waals surface area contributed by atoms with Crippen molar-refractivity contribution >= 4 is 11.9 Å². The Bertz CT molecular complexity index is 375. The van der Waals surface area contributed by atoms with E-state index >= 15 is 0 Å². The summed E-state index contributed by atoms with van der Waals surface area (Å²) in [5.74, 6) is -0.566. The lowest BCUT2D eigenvalue weighted by Crippen LogP contribution is -2.42. The third-order valence-electron chi connectivity index (χ3n) is 1.89. The Morgan fingerprint density at radius 3 is 2.81 bits per heavy atom. The Labute approximate surface area is 93.2 Å². The summed E-state index contributed by atoms with van der Waals surface area (Å²) in [5.41, 5.74) is 0.461. The molecule has 0 atom stereocenters. The van der Waals surface area contributed by atoms with Crippen LogP contribution in [-0.4, -0.2) is 30.6 Å². The first-order valence-corrected chi connectivity index (χ1v) is 4.88. The minimum absolute atomic E-state index is 0.0339. The molecule has 0 aliphatic rings. The van der Waals surface area contributed by atoms with Crippen molar-refractivity contribution in [2.75, 3.05) is 13.7 Å². The van der Waals surface area contributed by atoms with Gasteiger partial charge in [-0.15, -0.1) is 0 Å². The molecule has 1 aromatic rings. The van der Waals surface area contributed by atoms with Crippen molar-refractivity contribution in [3.63, 3.8) is 0 Å². The van der Waals surface area contributed by atoms with Crippen LogP contribution in [0.2, 0.25) is 0 Å². The average Bonchev–Trinajstić information content (AvgIpc) is 2.30. The smallest absolute Gasteiger partial charge is 0.374 e. The van der Waals surface area contributed by atoms with E-state index in [-0.39, 0.29) is 18.4 Å². The predicted molar refractivity (Wildman–Crippen MR) is 54.5 cm³/mol. The van der Waals surface area contributed by atoms with Crippen molar-refractivity contribution in [3.05, 3.63) is 24.0 Å². The molecule has 1 amide bonds. The second-order valence-electron chi connectivity index (χ2n) is 3.05. The molecule has 0 bridgehead atoms. The summed E-state index contributed by atoms with van der Waals surface area (Å²) in [5, 5.41) is 6.58. The van der Waals surface area contributed by atoms with Crippen LogP contribution in [0.4, 0.5) is 0 Å². The van der Waals surface area contributed by atoms with Gasteiger partial charge in [0.05, 0.1) is 12.7 Å². The number of carbonyl (C=O) groups excluding carboxylic acids is 2. The van der Waals surface area contributed by atoms with Gasteiger partial charge in [0.1, 0.15) is 6.20 Å². The normalized spacial score (nSPS) is 9.62. The lowest BCUT2D eigenvalue weighted by atomic mass is 10.3. The van der Waals surface area contributed by atoms with E-state index in [0.29, 0.717) is 12.1 Å². The molecule has 1 N–H and O–H groups in total. The molecule has 0 aliphatic carbocycles. The number of amides is 1. The molecule has 0 aromatic carbocycles. The van der Waals surface area contributed by atoms with Crippen LogP contribution in [0.25, 0.3) is 0 Å². The third-order valence-corrected chi connectivity index (χ3v) is 1.89. The number of aromatic nitrogens is 2. The van der Waals surface area contributed by atoms with Crippen molar-refractivity contribution in [3.8, 4) is 0 Å². The number of carbonyl (C=O) groups is 2. The van der Waals surface area contributed by atoms with E-state index in [1.165, 1.54) is 18.0 Å². The first-order valence-electron chi connectivity index (χ1n) is 4.88. The fourth-order valence-corrected chi connectivity index (χ4v) is 1.07. The van der Waals surface area contributed by atoms with Gasteiger partial charge in [0.2, 0.25) is 0 Å². The fourth-order valence-electron chi connectivity index (χ4n) is 1.07. The van der Waals surface area contributed by atoms with Gasteiger partial charge in [0, 0.05) is 12.6 Å². The van der Waals surface area contributed by atoms with E-state index in [1.54, 1.807) is 12.3 Å². The van der Waals surface area contributed by atoms with E-state index in [1.807, 2.05) is 6.92 Å². The zero-order valence-corrected chi connectivity index (χ0v) is 9.27. The summed E-state index contributed by atoms with van der Waals surface area (Å²) in [6.45, 7) is 2.44. The van der Waals surface area contributed by atoms with Crippen molar-refractivity contribution in [2.24, 2.45) is 0 Å². The predicted octanol–water partition coefficient (Wildman–Crippen LogP) is -0.708. The Kier molecular flexibility index (Phi) is 4.38. The van der Waals surface area contributed by atoms with Crippen molar-refractivity contribution in [1.82, 2.24) is 10.4 Å². The molecule has 86 valence electrons. The summed E-state index contributed by atoms with van der Waals surface area (Å²) < 4.78 is 5.89. The van der Waals surface area contributed by atoms with E-state index in [2.05, 4.69) is 15.2 Å². The minimum Gasteiger partial charge on any atom is -0.464 e. The molecular formula is C10H14N3O3+. The fraction of sp³-hybridized carbons (Fsp3) is 0.400. The van der Waals surface area contributed by atoms with E-state index < -0.39 is 0 Å². The van der Waals surface area contributed by atoms with Crippen molar-refractivity contribution in [2.45, 2.75) is 13.5 Å². The Morgan fingerprint density at radius 1 is 1.56 bits per heavy atom. The molecule has 1 rings (SSSR count). The molecule has 6 heteroatoms. The highest BCUT2D eigenvalue weighted by atomic mass is 16.5. The summed E-state index contributed by atoms with van der Waals surface area (Å²) >= 11 is 0. The summed E-state index contributed by atoms with van der Waals surface area (Å²) in [7, 11) is 1.31. The molecule has 0 saturated heterocycles. The zero-order valence-electron chi connectivity index (χ0n) is 9.27. The maximum atomic E-state index is 11.4. The van der Waals surface area contributed by atoms with Crippen LogP contribution in [-0.2, 0) is 16.1 Å². The molecule has 6 nitrogen and oxygen atoms in total. The van der Waals surface area contributed by atoms with Gasteiger partial charge in [-0.25, -0.2) is 4.79 Å². The number of nitrogens with one attached hydrogen (secondary N) is 1. The lowest BCUT2D eigenvalue weighted by Gasteiger charge is -1.99. The van der Waals surface area contributed by atoms with Crippen LogP contribution in [0, 0.1) is 0 Å². The molecule has 1 heterocycles. The number of methoxy groups -OCH3 is 1. The van der Waals surface area contributed by atoms with Crippen LogP contribution in [0.1, 0.15) is 17.3 Å². The summed E-state index contributed by atoms with van der Waals surface area (Å²) in [4.78, 5) is 22.3. The van der Waals surface area contributed by atoms with Gasteiger partial charge in [-0.05, 0) is 12.0 Å². The molecule has 16 heavy (non-hydrogen) atoms. The van der Waals surface area contributed by atoms with E-state index in [0.717, 1.165) is 0 Å². The minimum atomic E-state index is -0.386. The maximum absolute atomic E-state index is 11.4. The van der Waals surface area contributed by atoms with Gasteiger partial charge in [-0.2, -0.15) is 0 Å². The van der Waals surface area contributed by atoms with Crippen molar-refractivity contribution in [1.29, 1.82) is 0 Å². The number of hydrogen-bond acceptors (Lipinski definition) is 4. The summed E-state index contributed by atoms with van der Waals surface area (Å²) in [6.07, 6.45) is 2.97. The van der Waals surface area contributed by atoms with Crippen LogP contribution >= 0.6 is 0 Å². The van der Waals surface area contributed by atoms with Gasteiger partial charge in [0.15, 0.2) is 6.20 Å². The molecular weight excluding hydrogens is 210 g/mol. The zero-order chi connectivity index (χ0) is 12.0. The summed E-state index contributed by atoms with van der Waals surface area (Å²) in [6, 6.07) is 1.60. The first kappa shape index (κ1) is 12.1. The Morgan fingerprint density at radius 2 is 2.31 bits per heavy atom. The number of nitrogens with zero attached hydrogens (tertiary/aromatic N) is 2. The topological polar surface area (TPSA) is 72.2 Å². The second-order valence-corrected chi connectivity index (χ2v) is 3.05. The highest BCUT2D eigenvalue weighted by Gasteiger charge is 2.12. The Hall–Kier alpha value is -1.98. The molecule has 0 spiro atoms. The highest BCUT2D eigenvalue weighted by molar-refractivity contribution is 5.93. The molecule has 0 saturated carbocycles. The first-order chi connectivity index (χ1) is 7.67. The van der Waals surface area contributed by atoms with Crippen LogP contribution in [0.3, 0.4) is 0 Å². The molecule has 0 fully saturated rings. The van der Waals surface area contributed by atoms with Gasteiger partial charge >= 0.3 is 5.97 Å². The maximum Gasteiger partial charge on any atom is 0.374 e. The quantitative estimate of drug-likeness (QED) is 0.542. The number of hydrogen-bond donors (Lipinski definition) is 1. The van der Waals surface area contributed by atoms with Gasteiger partial charge in [-0.3, -0.25) is 4.79 Å². The largest absolute Gasteiger partial charge is 0.464 e. The van der Waals surface area contributed by atoms with E-state index in [4.69, 9.17) is 0 Å². The van der Waals surface area contributed by atoms with Crippen LogP contribution in [0.5, 0.6) is 0 Å². The number of esters is 1. The standard InChI is InChI=1S/C10H13N3O3/c1-3-11-10(15)8-4-5-13(12-6-8)7-9(14)16-2/h4-6H,3,7H2,1-2H3/p+1. The van der Waals surface area contributed by atoms with Gasteiger partial charge in [0.25, 0.3) is 12.5 Å². The number of rotatable bonds is 4. The molecule has 0 aliphatic heterocycles. The van der Waals surface area contributed by atoms with Gasteiger partial charge < -0.3 is 10.1 Å². The molecule has 1 aromatic heterocycles. The second kappa shape index (κ2) is 5.79. The highest BCUT2D eigenvalue weighted by Crippen LogP contribution is 1.92. The number of ether oxygens (including phenoxy) is 1. The Balaban J connectivity index is 2.67. The average molecular weight is 224 g/mol. The lowest BCUT2D eigenvalue weighted by molar-refractivity contribution is -0.743. The SMILES string of the molecule is CCNC(=O)c1cc[n+](CC(=O)OC)nc1. The van der Waals surface area contributed by atoms with Crippen LogP contribution < -0.4 is 10.00 Å². The molecule has 0 unspecified atom stereocenters. The third kappa shape index (κ3) is 3.30. The molecule has 0 radical (unpaired) electrons. The van der Waals surface area contributed by atoms with Crippen molar-refractivity contribution < 1.29 is 19.0 Å². The monoisotopic (exact) mass is 224 g/mol. The van der Waals surface area contributed by atoms with Crippen LogP contribution in [0.15, 0.2) is 18.5 Å². The van der Waals surface area contributed by atoms with Gasteiger partial charge in [-0.1, -0.05) is 4.68 Å².